The van der Waals surface area contributed by atoms with Gasteiger partial charge in [-0.05, 0) is 49.1 Å². The van der Waals surface area contributed by atoms with E-state index in [-0.39, 0.29) is 42.7 Å². The zero-order valence-electron chi connectivity index (χ0n) is 18.4. The molecule has 0 saturated carbocycles. The quantitative estimate of drug-likeness (QED) is 0.631. The molecule has 1 heterocycles. The minimum atomic E-state index is -1.26. The van der Waals surface area contributed by atoms with E-state index in [0.717, 1.165) is 11.6 Å². The number of rotatable bonds is 7. The third-order valence-corrected chi connectivity index (χ3v) is 5.69. The molecule has 2 atom stereocenters. The Morgan fingerprint density at radius 3 is 2.53 bits per heavy atom. The largest absolute Gasteiger partial charge is 0.326 e. The van der Waals surface area contributed by atoms with E-state index in [1.807, 2.05) is 32.0 Å². The van der Waals surface area contributed by atoms with Gasteiger partial charge in [-0.3, -0.25) is 9.59 Å². The monoisotopic (exact) mass is 447 g/mol. The number of benzene rings is 2. The van der Waals surface area contributed by atoms with Crippen molar-refractivity contribution in [2.45, 2.75) is 51.7 Å². The molecule has 1 aliphatic rings. The third kappa shape index (κ3) is 5.48. The molecule has 8 heteroatoms. The summed E-state index contributed by atoms with van der Waals surface area (Å²) in [6.07, 6.45) is 0.462. The fourth-order valence-electron chi connectivity index (χ4n) is 3.96. The lowest BCUT2D eigenvalue weighted by atomic mass is 9.99. The molecule has 1 aliphatic heterocycles. The van der Waals surface area contributed by atoms with E-state index in [9.17, 15) is 22.8 Å². The van der Waals surface area contributed by atoms with Crippen LogP contribution in [0.5, 0.6) is 0 Å². The molecule has 32 heavy (non-hydrogen) atoms. The van der Waals surface area contributed by atoms with Crippen LogP contribution in [0.3, 0.4) is 0 Å². The molecule has 0 aliphatic carbocycles. The molecule has 0 unspecified atom stereocenters. The van der Waals surface area contributed by atoms with Crippen LogP contribution in [0.25, 0.3) is 0 Å². The van der Waals surface area contributed by atoms with E-state index in [1.54, 1.807) is 18.0 Å². The van der Waals surface area contributed by atoms with Gasteiger partial charge in [-0.25, -0.2) is 13.2 Å². The fraction of sp³-hybridized carbons (Fsp3) is 0.417. The number of nitrogens with zero attached hydrogens (tertiary/aromatic N) is 1. The molecule has 0 saturated heterocycles. The number of halogens is 3. The van der Waals surface area contributed by atoms with Gasteiger partial charge in [0.25, 0.3) is 0 Å². The van der Waals surface area contributed by atoms with Crippen LogP contribution < -0.4 is 10.6 Å². The zero-order valence-corrected chi connectivity index (χ0v) is 18.4. The smallest absolute Gasteiger partial charge is 0.247 e. The van der Waals surface area contributed by atoms with Gasteiger partial charge in [-0.15, -0.1) is 0 Å². The summed E-state index contributed by atoms with van der Waals surface area (Å²) in [7, 11) is 1.62. The first kappa shape index (κ1) is 23.8. The van der Waals surface area contributed by atoms with E-state index >= 15 is 0 Å². The maximum absolute atomic E-state index is 14.1. The van der Waals surface area contributed by atoms with Gasteiger partial charge in [0, 0.05) is 30.8 Å². The van der Waals surface area contributed by atoms with Crippen molar-refractivity contribution < 1.29 is 22.8 Å². The van der Waals surface area contributed by atoms with Crippen molar-refractivity contribution in [3.63, 3.8) is 0 Å². The summed E-state index contributed by atoms with van der Waals surface area (Å²) in [4.78, 5) is 27.8. The Kier molecular flexibility index (Phi) is 7.56. The number of carbonyl (C=O) groups excluding carboxylic acids is 2. The molecule has 0 fully saturated rings. The van der Waals surface area contributed by atoms with E-state index in [2.05, 4.69) is 10.6 Å². The van der Waals surface area contributed by atoms with Crippen molar-refractivity contribution in [2.24, 2.45) is 5.92 Å². The summed E-state index contributed by atoms with van der Waals surface area (Å²) in [6, 6.07) is 7.48. The molecule has 3 rings (SSSR count). The van der Waals surface area contributed by atoms with Gasteiger partial charge < -0.3 is 15.5 Å². The van der Waals surface area contributed by atoms with Crippen LogP contribution in [0.1, 0.15) is 37.8 Å². The van der Waals surface area contributed by atoms with Crippen LogP contribution in [0.4, 0.5) is 18.9 Å². The second kappa shape index (κ2) is 10.2. The highest BCUT2D eigenvalue weighted by molar-refractivity contribution is 5.98. The van der Waals surface area contributed by atoms with Crippen LogP contribution >= 0.6 is 0 Å². The molecule has 2 aromatic rings. The second-order valence-electron chi connectivity index (χ2n) is 8.56. The molecule has 0 bridgehead atoms. The molecule has 0 aromatic heterocycles. The van der Waals surface area contributed by atoms with Crippen LogP contribution in [0, 0.1) is 23.4 Å². The molecule has 5 nitrogen and oxygen atoms in total. The number of nitrogens with one attached hydrogen (secondary N) is 2. The van der Waals surface area contributed by atoms with Gasteiger partial charge in [-0.1, -0.05) is 32.0 Å². The molecule has 172 valence electrons. The second-order valence-corrected chi connectivity index (χ2v) is 8.56. The van der Waals surface area contributed by atoms with E-state index in [0.29, 0.717) is 18.2 Å². The van der Waals surface area contributed by atoms with Crippen LogP contribution in [-0.4, -0.2) is 35.8 Å². The molecule has 2 aromatic carbocycles. The SMILES string of the molecule is CN[C@@H](CC(=O)N1Cc2ccccc2NC(=O)[C@@H]1CC(C)C)Cc1cc(F)c(F)cc1F. The van der Waals surface area contributed by atoms with Gasteiger partial charge in [0.1, 0.15) is 11.9 Å². The number of para-hydroxylation sites is 1. The summed E-state index contributed by atoms with van der Waals surface area (Å²) in [5, 5.41) is 5.87. The molecular weight excluding hydrogens is 419 g/mol. The topological polar surface area (TPSA) is 61.4 Å². The first-order valence-electron chi connectivity index (χ1n) is 10.7. The highest BCUT2D eigenvalue weighted by Gasteiger charge is 2.34. The maximum Gasteiger partial charge on any atom is 0.247 e. The van der Waals surface area contributed by atoms with Crippen molar-refractivity contribution >= 4 is 17.5 Å². The number of amides is 2. The van der Waals surface area contributed by atoms with Gasteiger partial charge in [0.2, 0.25) is 11.8 Å². The number of anilines is 1. The Hall–Kier alpha value is -2.87. The summed E-state index contributed by atoms with van der Waals surface area (Å²) >= 11 is 0. The van der Waals surface area contributed by atoms with Crippen molar-refractivity contribution in [1.82, 2.24) is 10.2 Å². The molecule has 0 spiro atoms. The summed E-state index contributed by atoms with van der Waals surface area (Å²) in [6.45, 7) is 4.23. The van der Waals surface area contributed by atoms with Gasteiger partial charge >= 0.3 is 0 Å². The minimum absolute atomic E-state index is 0.00323. The lowest BCUT2D eigenvalue weighted by molar-refractivity contribution is -0.140. The average Bonchev–Trinajstić information content (AvgIpc) is 2.87. The predicted molar refractivity (Wildman–Crippen MR) is 116 cm³/mol. The van der Waals surface area contributed by atoms with Gasteiger partial charge in [0.05, 0.1) is 0 Å². The van der Waals surface area contributed by atoms with E-state index < -0.39 is 29.5 Å². The molecule has 2 N–H and O–H groups in total. The van der Waals surface area contributed by atoms with E-state index in [4.69, 9.17) is 0 Å². The maximum atomic E-state index is 14.1. The number of carbonyl (C=O) groups is 2. The normalized spacial score (nSPS) is 17.0. The third-order valence-electron chi connectivity index (χ3n) is 5.69. The van der Waals surface area contributed by atoms with Gasteiger partial charge in [0.15, 0.2) is 11.6 Å². The Labute approximate surface area is 186 Å². The lowest BCUT2D eigenvalue weighted by Gasteiger charge is -2.31. The van der Waals surface area contributed by atoms with Crippen molar-refractivity contribution in [2.75, 3.05) is 12.4 Å². The Balaban J connectivity index is 1.83. The summed E-state index contributed by atoms with van der Waals surface area (Å²) in [5.41, 5.74) is 1.48. The number of fused-ring (bicyclic) bond motifs is 1. The Morgan fingerprint density at radius 1 is 1.16 bits per heavy atom. The highest BCUT2D eigenvalue weighted by atomic mass is 19.2. The average molecular weight is 448 g/mol. The van der Waals surface area contributed by atoms with Crippen molar-refractivity contribution in [3.8, 4) is 0 Å². The number of likely N-dealkylation sites (N-methyl/N-ethyl adjacent to an activating group) is 1. The van der Waals surface area contributed by atoms with Crippen LogP contribution in [0.2, 0.25) is 0 Å². The van der Waals surface area contributed by atoms with Crippen molar-refractivity contribution in [1.29, 1.82) is 0 Å². The molecule has 2 amide bonds. The lowest BCUT2D eigenvalue weighted by Crippen LogP contribution is -2.47. The minimum Gasteiger partial charge on any atom is -0.326 e. The Bertz CT molecular complexity index is 996. The van der Waals surface area contributed by atoms with Crippen LogP contribution in [-0.2, 0) is 22.6 Å². The predicted octanol–water partition coefficient (Wildman–Crippen LogP) is 4.02. The Morgan fingerprint density at radius 2 is 1.84 bits per heavy atom. The summed E-state index contributed by atoms with van der Waals surface area (Å²) < 4.78 is 40.9. The van der Waals surface area contributed by atoms with Crippen LogP contribution in [0.15, 0.2) is 36.4 Å². The number of hydrogen-bond acceptors (Lipinski definition) is 3. The first-order chi connectivity index (χ1) is 15.2. The highest BCUT2D eigenvalue weighted by Crippen LogP contribution is 2.27. The standard InChI is InChI=1S/C24H28F3N3O2/c1-14(2)8-22-24(32)29-21-7-5-4-6-15(21)13-30(22)23(31)11-17(28-3)9-16-10-19(26)20(27)12-18(16)25/h4-7,10,12,14,17,22,28H,8-9,11,13H2,1-3H3,(H,29,32)/t17-,22+/m1/s1. The van der Waals surface area contributed by atoms with Gasteiger partial charge in [-0.2, -0.15) is 0 Å². The van der Waals surface area contributed by atoms with E-state index in [1.165, 1.54) is 0 Å². The van der Waals surface area contributed by atoms with Crippen molar-refractivity contribution in [3.05, 3.63) is 65.0 Å². The molecule has 0 radical (unpaired) electrons. The number of hydrogen-bond donors (Lipinski definition) is 2. The first-order valence-corrected chi connectivity index (χ1v) is 10.7. The summed E-state index contributed by atoms with van der Waals surface area (Å²) in [5.74, 6) is -3.60. The molecular formula is C24H28F3N3O2. The fourth-order valence-corrected chi connectivity index (χ4v) is 3.96. The zero-order chi connectivity index (χ0) is 23.4.